The van der Waals surface area contributed by atoms with Gasteiger partial charge in [-0.2, -0.15) is 0 Å². The number of aliphatic hydroxyl groups excluding tert-OH is 1. The van der Waals surface area contributed by atoms with Gasteiger partial charge in [0.15, 0.2) is 0 Å². The molecule has 0 saturated heterocycles. The smallest absolute Gasteiger partial charge is 0.292 e. The number of rotatable bonds is 8. The summed E-state index contributed by atoms with van der Waals surface area (Å²) < 4.78 is 4.79. The normalized spacial score (nSPS) is 11.8. The van der Waals surface area contributed by atoms with Crippen molar-refractivity contribution in [3.8, 4) is 0 Å². The van der Waals surface area contributed by atoms with Crippen molar-refractivity contribution in [2.45, 2.75) is 12.5 Å². The van der Waals surface area contributed by atoms with E-state index in [9.17, 15) is 20.0 Å². The minimum absolute atomic E-state index is 0.121. The van der Waals surface area contributed by atoms with Gasteiger partial charge in [0, 0.05) is 32.3 Å². The van der Waals surface area contributed by atoms with Gasteiger partial charge in [-0.3, -0.25) is 14.9 Å². The predicted octanol–water partition coefficient (Wildman–Crippen LogP) is 0.764. The molecule has 0 aliphatic rings. The number of aliphatic hydroxyl groups is 1. The highest BCUT2D eigenvalue weighted by molar-refractivity contribution is 5.95. The van der Waals surface area contributed by atoms with Crippen LogP contribution in [0.15, 0.2) is 18.2 Å². The number of carbonyl (C=O) groups is 1. The molecule has 8 heteroatoms. The van der Waals surface area contributed by atoms with Gasteiger partial charge in [0.1, 0.15) is 5.69 Å². The Hall–Kier alpha value is -2.19. The van der Waals surface area contributed by atoms with Gasteiger partial charge in [0.05, 0.1) is 17.6 Å². The zero-order valence-electron chi connectivity index (χ0n) is 12.0. The number of nitro benzene ring substituents is 1. The van der Waals surface area contributed by atoms with Crippen molar-refractivity contribution >= 4 is 17.3 Å². The largest absolute Gasteiger partial charge is 0.391 e. The van der Waals surface area contributed by atoms with Crippen molar-refractivity contribution in [2.24, 2.45) is 0 Å². The lowest BCUT2D eigenvalue weighted by molar-refractivity contribution is -0.384. The van der Waals surface area contributed by atoms with Gasteiger partial charge < -0.3 is 20.5 Å². The Morgan fingerprint density at radius 1 is 1.52 bits per heavy atom. The van der Waals surface area contributed by atoms with Crippen molar-refractivity contribution in [2.75, 3.05) is 32.6 Å². The molecule has 0 aliphatic carbocycles. The van der Waals surface area contributed by atoms with Crippen molar-refractivity contribution in [1.82, 2.24) is 5.32 Å². The van der Waals surface area contributed by atoms with Crippen LogP contribution >= 0.6 is 0 Å². The molecule has 1 aromatic carbocycles. The molecule has 3 N–H and O–H groups in total. The van der Waals surface area contributed by atoms with Crippen LogP contribution in [-0.2, 0) is 4.74 Å². The fourth-order valence-electron chi connectivity index (χ4n) is 1.77. The van der Waals surface area contributed by atoms with Crippen LogP contribution in [0.2, 0.25) is 0 Å². The van der Waals surface area contributed by atoms with Crippen molar-refractivity contribution in [3.63, 3.8) is 0 Å². The Morgan fingerprint density at radius 2 is 2.24 bits per heavy atom. The maximum atomic E-state index is 11.5. The van der Waals surface area contributed by atoms with Crippen LogP contribution < -0.4 is 10.6 Å². The lowest BCUT2D eigenvalue weighted by Gasteiger charge is -2.12. The molecular weight excluding hydrogens is 278 g/mol. The van der Waals surface area contributed by atoms with Crippen LogP contribution in [0, 0.1) is 10.1 Å². The molecule has 21 heavy (non-hydrogen) atoms. The van der Waals surface area contributed by atoms with Gasteiger partial charge >= 0.3 is 0 Å². The van der Waals surface area contributed by atoms with Gasteiger partial charge in [-0.05, 0) is 18.6 Å². The van der Waals surface area contributed by atoms with E-state index in [1.54, 1.807) is 0 Å². The lowest BCUT2D eigenvalue weighted by atomic mass is 10.1. The highest BCUT2D eigenvalue weighted by Gasteiger charge is 2.16. The minimum Gasteiger partial charge on any atom is -0.391 e. The van der Waals surface area contributed by atoms with Crippen molar-refractivity contribution in [3.05, 3.63) is 33.9 Å². The molecule has 0 aromatic heterocycles. The minimum atomic E-state index is -0.649. The summed E-state index contributed by atoms with van der Waals surface area (Å²) in [6.07, 6.45) is -0.279. The van der Waals surface area contributed by atoms with Crippen LogP contribution in [0.5, 0.6) is 0 Å². The molecule has 1 aromatic rings. The first-order valence-electron chi connectivity index (χ1n) is 6.41. The molecule has 116 valence electrons. The molecule has 0 spiro atoms. The molecule has 1 rings (SSSR count). The van der Waals surface area contributed by atoms with Crippen LogP contribution in [0.25, 0.3) is 0 Å². The first-order valence-corrected chi connectivity index (χ1v) is 6.41. The van der Waals surface area contributed by atoms with Crippen molar-refractivity contribution in [1.29, 1.82) is 0 Å². The fraction of sp³-hybridized carbons (Fsp3) is 0.462. The van der Waals surface area contributed by atoms with E-state index in [0.717, 1.165) is 0 Å². The monoisotopic (exact) mass is 297 g/mol. The number of methoxy groups -OCH3 is 1. The molecule has 0 radical (unpaired) electrons. The molecule has 0 bridgehead atoms. The van der Waals surface area contributed by atoms with E-state index >= 15 is 0 Å². The first-order chi connectivity index (χ1) is 9.99. The number of carbonyl (C=O) groups excluding carboxylic acids is 1. The van der Waals surface area contributed by atoms with Crippen LogP contribution in [0.1, 0.15) is 16.8 Å². The summed E-state index contributed by atoms with van der Waals surface area (Å²) in [5, 5.41) is 25.8. The molecule has 0 fully saturated rings. The molecule has 0 aliphatic heterocycles. The van der Waals surface area contributed by atoms with E-state index in [2.05, 4.69) is 10.6 Å². The second-order valence-corrected chi connectivity index (χ2v) is 4.39. The SMILES string of the molecule is CNC(=O)c1ccc([N+](=O)[O-])c(NCCC(O)COC)c1. The van der Waals surface area contributed by atoms with Crippen LogP contribution in [0.4, 0.5) is 11.4 Å². The third kappa shape index (κ3) is 5.01. The quantitative estimate of drug-likeness (QED) is 0.482. The van der Waals surface area contributed by atoms with Gasteiger partial charge in [-0.15, -0.1) is 0 Å². The summed E-state index contributed by atoms with van der Waals surface area (Å²) in [4.78, 5) is 22.0. The number of nitrogens with zero attached hydrogens (tertiary/aromatic N) is 1. The third-order valence-electron chi connectivity index (χ3n) is 2.83. The summed E-state index contributed by atoms with van der Waals surface area (Å²) in [5.41, 5.74) is 0.442. The van der Waals surface area contributed by atoms with E-state index in [1.165, 1.54) is 32.4 Å². The van der Waals surface area contributed by atoms with Gasteiger partial charge in [0.2, 0.25) is 0 Å². The Bertz CT molecular complexity index is 507. The second-order valence-electron chi connectivity index (χ2n) is 4.39. The zero-order chi connectivity index (χ0) is 15.8. The summed E-state index contributed by atoms with van der Waals surface area (Å²) in [6, 6.07) is 4.08. The number of ether oxygens (including phenoxy) is 1. The standard InChI is InChI=1S/C13H19N3O5/c1-14-13(18)9-3-4-12(16(19)20)11(7-9)15-6-5-10(17)8-21-2/h3-4,7,10,15,17H,5-6,8H2,1-2H3,(H,14,18). The van der Waals surface area contributed by atoms with Crippen LogP contribution in [0.3, 0.4) is 0 Å². The number of nitro groups is 1. The average Bonchev–Trinajstić information content (AvgIpc) is 2.46. The number of anilines is 1. The molecule has 1 atom stereocenters. The number of nitrogens with one attached hydrogen (secondary N) is 2. The maximum Gasteiger partial charge on any atom is 0.292 e. The molecule has 1 amide bonds. The second kappa shape index (κ2) is 8.18. The van der Waals surface area contributed by atoms with Gasteiger partial charge in [-0.25, -0.2) is 0 Å². The molecular formula is C13H19N3O5. The maximum absolute atomic E-state index is 11.5. The number of hydrogen-bond acceptors (Lipinski definition) is 6. The zero-order valence-corrected chi connectivity index (χ0v) is 12.0. The highest BCUT2D eigenvalue weighted by atomic mass is 16.6. The topological polar surface area (TPSA) is 114 Å². The summed E-state index contributed by atoms with van der Waals surface area (Å²) >= 11 is 0. The highest BCUT2D eigenvalue weighted by Crippen LogP contribution is 2.25. The Kier molecular flexibility index (Phi) is 6.57. The van der Waals surface area contributed by atoms with Crippen molar-refractivity contribution < 1.29 is 19.6 Å². The number of amides is 1. The molecule has 0 saturated carbocycles. The average molecular weight is 297 g/mol. The lowest BCUT2D eigenvalue weighted by Crippen LogP contribution is -2.20. The Labute approximate surface area is 122 Å². The van der Waals surface area contributed by atoms with E-state index in [0.29, 0.717) is 18.5 Å². The number of benzene rings is 1. The van der Waals surface area contributed by atoms with E-state index in [1.807, 2.05) is 0 Å². The molecule has 8 nitrogen and oxygen atoms in total. The van der Waals surface area contributed by atoms with E-state index < -0.39 is 11.0 Å². The van der Waals surface area contributed by atoms with Gasteiger partial charge in [-0.1, -0.05) is 0 Å². The predicted molar refractivity (Wildman–Crippen MR) is 77.5 cm³/mol. The third-order valence-corrected chi connectivity index (χ3v) is 2.83. The van der Waals surface area contributed by atoms with E-state index in [4.69, 9.17) is 4.74 Å². The first kappa shape index (κ1) is 16.9. The Morgan fingerprint density at radius 3 is 2.81 bits per heavy atom. The summed E-state index contributed by atoms with van der Waals surface area (Å²) in [5.74, 6) is -0.327. The number of hydrogen-bond donors (Lipinski definition) is 3. The summed E-state index contributed by atoms with van der Waals surface area (Å²) in [7, 11) is 2.96. The van der Waals surface area contributed by atoms with E-state index in [-0.39, 0.29) is 23.9 Å². The Balaban J connectivity index is 2.81. The molecule has 0 heterocycles. The summed E-state index contributed by atoms with van der Waals surface area (Å²) in [6.45, 7) is 0.518. The fourth-order valence-corrected chi connectivity index (χ4v) is 1.77. The van der Waals surface area contributed by atoms with Crippen LogP contribution in [-0.4, -0.2) is 49.4 Å². The van der Waals surface area contributed by atoms with Gasteiger partial charge in [0.25, 0.3) is 11.6 Å². The molecule has 1 unspecified atom stereocenters.